The number of rotatable bonds is 4. The molecule has 0 bridgehead atoms. The molecule has 0 saturated carbocycles. The van der Waals surface area contributed by atoms with Crippen LogP contribution in [0.2, 0.25) is 0 Å². The number of carboxylic acids is 1. The van der Waals surface area contributed by atoms with Gasteiger partial charge in [0.25, 0.3) is 0 Å². The summed E-state index contributed by atoms with van der Waals surface area (Å²) in [4.78, 5) is 21.8. The molecule has 0 radical (unpaired) electrons. The van der Waals surface area contributed by atoms with Crippen molar-refractivity contribution in [1.29, 1.82) is 0 Å². The highest BCUT2D eigenvalue weighted by atomic mass is 19.1. The molecule has 0 saturated heterocycles. The van der Waals surface area contributed by atoms with Gasteiger partial charge in [0, 0.05) is 11.6 Å². The van der Waals surface area contributed by atoms with Crippen molar-refractivity contribution >= 4 is 17.6 Å². The lowest BCUT2D eigenvalue weighted by atomic mass is 10.1. The van der Waals surface area contributed by atoms with Gasteiger partial charge in [-0.05, 0) is 17.7 Å². The van der Waals surface area contributed by atoms with Gasteiger partial charge in [-0.3, -0.25) is 9.59 Å². The minimum atomic E-state index is -1.09. The Hall–Kier alpha value is -1.91. The van der Waals surface area contributed by atoms with E-state index in [2.05, 4.69) is 5.32 Å². The molecule has 0 unspecified atom stereocenters. The molecule has 4 nitrogen and oxygen atoms in total. The molecular weight excluding hydrogens is 225 g/mol. The number of anilines is 1. The number of aliphatic carboxylic acids is 1. The van der Waals surface area contributed by atoms with Crippen molar-refractivity contribution < 1.29 is 19.1 Å². The van der Waals surface area contributed by atoms with Crippen LogP contribution in [0.15, 0.2) is 18.2 Å². The normalized spacial score (nSPS) is 10.4. The van der Waals surface area contributed by atoms with E-state index in [0.717, 1.165) is 6.07 Å². The van der Waals surface area contributed by atoms with Gasteiger partial charge in [-0.25, -0.2) is 4.39 Å². The summed E-state index contributed by atoms with van der Waals surface area (Å²) in [7, 11) is 0. The minimum Gasteiger partial charge on any atom is -0.481 e. The lowest BCUT2D eigenvalue weighted by molar-refractivity contribution is -0.136. The zero-order valence-electron chi connectivity index (χ0n) is 9.66. The zero-order chi connectivity index (χ0) is 13.0. The van der Waals surface area contributed by atoms with E-state index in [9.17, 15) is 14.0 Å². The van der Waals surface area contributed by atoms with E-state index in [1.165, 1.54) is 12.1 Å². The summed E-state index contributed by atoms with van der Waals surface area (Å²) in [6.07, 6.45) is -0.371. The minimum absolute atomic E-state index is 0.0973. The predicted molar refractivity (Wildman–Crippen MR) is 61.2 cm³/mol. The third-order valence-electron chi connectivity index (χ3n) is 2.19. The largest absolute Gasteiger partial charge is 0.481 e. The second-order valence-corrected chi connectivity index (χ2v) is 4.02. The molecule has 17 heavy (non-hydrogen) atoms. The first-order valence-corrected chi connectivity index (χ1v) is 5.21. The summed E-state index contributed by atoms with van der Waals surface area (Å²) in [5.41, 5.74) is 0.426. The van der Waals surface area contributed by atoms with E-state index in [0.29, 0.717) is 5.69 Å². The average Bonchev–Trinajstić information content (AvgIpc) is 2.21. The Bertz CT molecular complexity index is 443. The van der Waals surface area contributed by atoms with Crippen LogP contribution in [0, 0.1) is 11.7 Å². The average molecular weight is 239 g/mol. The van der Waals surface area contributed by atoms with Crippen molar-refractivity contribution in [3.05, 3.63) is 29.6 Å². The highest BCUT2D eigenvalue weighted by molar-refractivity contribution is 5.92. The number of hydrogen-bond donors (Lipinski definition) is 2. The van der Waals surface area contributed by atoms with Crippen molar-refractivity contribution in [2.75, 3.05) is 5.32 Å². The Morgan fingerprint density at radius 1 is 1.41 bits per heavy atom. The molecule has 5 heteroatoms. The first kappa shape index (κ1) is 13.2. The van der Waals surface area contributed by atoms with Crippen LogP contribution in [0.5, 0.6) is 0 Å². The molecule has 0 aromatic heterocycles. The van der Waals surface area contributed by atoms with E-state index in [1.807, 2.05) is 0 Å². The second-order valence-electron chi connectivity index (χ2n) is 4.02. The molecule has 0 atom stereocenters. The summed E-state index contributed by atoms with van der Waals surface area (Å²) in [5.74, 6) is -2.14. The molecule has 0 fully saturated rings. The van der Waals surface area contributed by atoms with Gasteiger partial charge in [-0.15, -0.1) is 0 Å². The van der Waals surface area contributed by atoms with Crippen LogP contribution >= 0.6 is 0 Å². The molecule has 0 aliphatic carbocycles. The Labute approximate surface area is 98.5 Å². The van der Waals surface area contributed by atoms with Crippen molar-refractivity contribution in [3.63, 3.8) is 0 Å². The molecule has 92 valence electrons. The van der Waals surface area contributed by atoms with Crippen LogP contribution in [0.25, 0.3) is 0 Å². The molecular formula is C12H14FNO3. The van der Waals surface area contributed by atoms with Crippen molar-refractivity contribution in [2.45, 2.75) is 20.3 Å². The maximum absolute atomic E-state index is 13.4. The van der Waals surface area contributed by atoms with Gasteiger partial charge in [-0.1, -0.05) is 19.9 Å². The van der Waals surface area contributed by atoms with Crippen molar-refractivity contribution in [3.8, 4) is 0 Å². The first-order valence-electron chi connectivity index (χ1n) is 5.21. The van der Waals surface area contributed by atoms with Gasteiger partial charge in [-0.2, -0.15) is 0 Å². The van der Waals surface area contributed by atoms with E-state index >= 15 is 0 Å². The van der Waals surface area contributed by atoms with Crippen molar-refractivity contribution in [2.24, 2.45) is 5.92 Å². The van der Waals surface area contributed by atoms with Crippen LogP contribution in [0.3, 0.4) is 0 Å². The molecule has 0 spiro atoms. The quantitative estimate of drug-likeness (QED) is 0.845. The summed E-state index contributed by atoms with van der Waals surface area (Å²) in [5, 5.41) is 11.1. The van der Waals surface area contributed by atoms with Gasteiger partial charge >= 0.3 is 5.97 Å². The number of carbonyl (C=O) groups is 2. The summed E-state index contributed by atoms with van der Waals surface area (Å²) in [6.45, 7) is 3.45. The van der Waals surface area contributed by atoms with Gasteiger partial charge in [0.1, 0.15) is 5.82 Å². The number of benzene rings is 1. The fourth-order valence-electron chi connectivity index (χ4n) is 1.22. The Kier molecular flexibility index (Phi) is 4.20. The SMILES string of the molecule is CC(C)C(=O)Nc1ccc(CC(=O)O)c(F)c1. The second kappa shape index (κ2) is 5.43. The van der Waals surface area contributed by atoms with Crippen LogP contribution in [0.1, 0.15) is 19.4 Å². The Morgan fingerprint density at radius 2 is 2.06 bits per heavy atom. The number of carboxylic acid groups (broad SMARTS) is 1. The topological polar surface area (TPSA) is 66.4 Å². The fraction of sp³-hybridized carbons (Fsp3) is 0.333. The smallest absolute Gasteiger partial charge is 0.307 e. The van der Waals surface area contributed by atoms with Crippen molar-refractivity contribution in [1.82, 2.24) is 0 Å². The van der Waals surface area contributed by atoms with E-state index in [-0.39, 0.29) is 23.8 Å². The Morgan fingerprint density at radius 3 is 2.53 bits per heavy atom. The number of amides is 1. The highest BCUT2D eigenvalue weighted by Crippen LogP contribution is 2.16. The molecule has 0 aliphatic rings. The van der Waals surface area contributed by atoms with Gasteiger partial charge < -0.3 is 10.4 Å². The van der Waals surface area contributed by atoms with Crippen LogP contribution < -0.4 is 5.32 Å². The van der Waals surface area contributed by atoms with Crippen LogP contribution in [-0.2, 0) is 16.0 Å². The number of carbonyl (C=O) groups excluding carboxylic acids is 1. The van der Waals surface area contributed by atoms with Gasteiger partial charge in [0.05, 0.1) is 6.42 Å². The Balaban J connectivity index is 2.82. The maximum atomic E-state index is 13.4. The molecule has 1 rings (SSSR count). The highest BCUT2D eigenvalue weighted by Gasteiger charge is 2.10. The summed E-state index contributed by atoms with van der Waals surface area (Å²) in [6, 6.07) is 3.97. The fourth-order valence-corrected chi connectivity index (χ4v) is 1.22. The third-order valence-corrected chi connectivity index (χ3v) is 2.19. The molecule has 0 aliphatic heterocycles. The molecule has 0 heterocycles. The molecule has 2 N–H and O–H groups in total. The van der Waals surface area contributed by atoms with E-state index in [4.69, 9.17) is 5.11 Å². The molecule has 1 aromatic rings. The van der Waals surface area contributed by atoms with Gasteiger partial charge in [0.2, 0.25) is 5.91 Å². The first-order chi connectivity index (χ1) is 7.90. The van der Waals surface area contributed by atoms with E-state index < -0.39 is 11.8 Å². The molecule has 1 amide bonds. The monoisotopic (exact) mass is 239 g/mol. The predicted octanol–water partition coefficient (Wildman–Crippen LogP) is 2.05. The van der Waals surface area contributed by atoms with Gasteiger partial charge in [0.15, 0.2) is 0 Å². The number of nitrogens with one attached hydrogen (secondary N) is 1. The summed E-state index contributed by atoms with van der Waals surface area (Å²) < 4.78 is 13.4. The summed E-state index contributed by atoms with van der Waals surface area (Å²) >= 11 is 0. The lowest BCUT2D eigenvalue weighted by Crippen LogP contribution is -2.18. The number of halogens is 1. The molecule has 1 aromatic carbocycles. The zero-order valence-corrected chi connectivity index (χ0v) is 9.66. The van der Waals surface area contributed by atoms with Crippen LogP contribution in [0.4, 0.5) is 10.1 Å². The lowest BCUT2D eigenvalue weighted by Gasteiger charge is -2.08. The number of hydrogen-bond acceptors (Lipinski definition) is 2. The van der Waals surface area contributed by atoms with Crippen LogP contribution in [-0.4, -0.2) is 17.0 Å². The maximum Gasteiger partial charge on any atom is 0.307 e. The third kappa shape index (κ3) is 3.86. The standard InChI is InChI=1S/C12H14FNO3/c1-7(2)12(17)14-9-4-3-8(5-11(15)16)10(13)6-9/h3-4,6-7H,5H2,1-2H3,(H,14,17)(H,15,16). The van der Waals surface area contributed by atoms with E-state index in [1.54, 1.807) is 13.8 Å².